The molecule has 0 radical (unpaired) electrons. The molecule has 0 amide bonds. The van der Waals surface area contributed by atoms with Crippen LogP contribution in [0.25, 0.3) is 11.1 Å². The number of rotatable bonds is 1. The summed E-state index contributed by atoms with van der Waals surface area (Å²) in [5, 5.41) is 9.50. The van der Waals surface area contributed by atoms with Gasteiger partial charge in [0.25, 0.3) is 0 Å². The van der Waals surface area contributed by atoms with Crippen molar-refractivity contribution >= 4 is 0 Å². The molecule has 0 aromatic heterocycles. The van der Waals surface area contributed by atoms with Crippen molar-refractivity contribution in [3.05, 3.63) is 54.1 Å². The third kappa shape index (κ3) is 1.96. The largest absolute Gasteiger partial charge is 0.507 e. The van der Waals surface area contributed by atoms with Crippen LogP contribution in [-0.2, 0) is 0 Å². The lowest BCUT2D eigenvalue weighted by Crippen LogP contribution is -1.82. The van der Waals surface area contributed by atoms with Crippen LogP contribution in [0.15, 0.2) is 42.5 Å². The van der Waals surface area contributed by atoms with E-state index in [4.69, 9.17) is 0 Å². The van der Waals surface area contributed by atoms with Crippen LogP contribution >= 0.6 is 0 Å². The van der Waals surface area contributed by atoms with Crippen molar-refractivity contribution in [1.82, 2.24) is 0 Å². The number of hydrogen-bond donors (Lipinski definition) is 1. The summed E-state index contributed by atoms with van der Waals surface area (Å²) < 4.78 is 25.6. The Kier molecular flexibility index (Phi) is 2.37. The van der Waals surface area contributed by atoms with E-state index in [-0.39, 0.29) is 11.6 Å². The van der Waals surface area contributed by atoms with Gasteiger partial charge in [-0.2, -0.15) is 0 Å². The molecule has 0 aliphatic heterocycles. The Labute approximate surface area is 85.6 Å². The van der Waals surface area contributed by atoms with E-state index in [1.807, 2.05) is 0 Å². The highest BCUT2D eigenvalue weighted by Gasteiger charge is 2.05. The molecule has 76 valence electrons. The molecular weight excluding hydrogens is 198 g/mol. The van der Waals surface area contributed by atoms with Crippen molar-refractivity contribution in [1.29, 1.82) is 0 Å². The van der Waals surface area contributed by atoms with Crippen molar-refractivity contribution in [3.63, 3.8) is 0 Å². The first-order valence-electron chi connectivity index (χ1n) is 4.41. The van der Waals surface area contributed by atoms with Crippen molar-refractivity contribution in [2.24, 2.45) is 0 Å². The van der Waals surface area contributed by atoms with Gasteiger partial charge in [0.15, 0.2) is 0 Å². The number of halogens is 2. The van der Waals surface area contributed by atoms with Crippen LogP contribution in [0.2, 0.25) is 0 Å². The van der Waals surface area contributed by atoms with E-state index in [2.05, 4.69) is 0 Å². The van der Waals surface area contributed by atoms with E-state index in [0.29, 0.717) is 11.1 Å². The van der Waals surface area contributed by atoms with Gasteiger partial charge in [0.1, 0.15) is 17.4 Å². The summed E-state index contributed by atoms with van der Waals surface area (Å²) in [6.07, 6.45) is 0. The highest BCUT2D eigenvalue weighted by atomic mass is 19.1. The van der Waals surface area contributed by atoms with Crippen molar-refractivity contribution < 1.29 is 13.9 Å². The molecule has 0 spiro atoms. The van der Waals surface area contributed by atoms with Gasteiger partial charge < -0.3 is 5.11 Å². The van der Waals surface area contributed by atoms with E-state index >= 15 is 0 Å². The third-order valence-corrected chi connectivity index (χ3v) is 2.11. The molecule has 2 aromatic carbocycles. The molecule has 0 atom stereocenters. The maximum atomic E-state index is 12.9. The van der Waals surface area contributed by atoms with Gasteiger partial charge in [0.2, 0.25) is 0 Å². The van der Waals surface area contributed by atoms with Gasteiger partial charge >= 0.3 is 0 Å². The molecule has 1 nitrogen and oxygen atoms in total. The molecule has 0 fully saturated rings. The first kappa shape index (κ1) is 9.65. The van der Waals surface area contributed by atoms with Crippen LogP contribution in [0.1, 0.15) is 0 Å². The molecule has 15 heavy (non-hydrogen) atoms. The van der Waals surface area contributed by atoms with Gasteiger partial charge in [-0.3, -0.25) is 0 Å². The summed E-state index contributed by atoms with van der Waals surface area (Å²) in [5.41, 5.74) is 0.934. The molecule has 0 bridgehead atoms. The third-order valence-electron chi connectivity index (χ3n) is 2.11. The number of aromatic hydroxyl groups is 1. The van der Waals surface area contributed by atoms with Gasteiger partial charge in [-0.05, 0) is 35.9 Å². The Bertz CT molecular complexity index is 477. The zero-order valence-electron chi connectivity index (χ0n) is 7.74. The quantitative estimate of drug-likeness (QED) is 0.758. The van der Waals surface area contributed by atoms with Crippen molar-refractivity contribution in [2.75, 3.05) is 0 Å². The lowest BCUT2D eigenvalue weighted by Gasteiger charge is -2.04. The zero-order chi connectivity index (χ0) is 10.8. The Morgan fingerprint density at radius 2 is 1.40 bits per heavy atom. The fraction of sp³-hybridized carbons (Fsp3) is 0. The predicted molar refractivity (Wildman–Crippen MR) is 53.5 cm³/mol. The first-order chi connectivity index (χ1) is 7.16. The Morgan fingerprint density at radius 3 is 2.07 bits per heavy atom. The Hall–Kier alpha value is -1.90. The first-order valence-corrected chi connectivity index (χ1v) is 4.41. The van der Waals surface area contributed by atoms with E-state index in [1.165, 1.54) is 42.5 Å². The Balaban J connectivity index is 2.53. The lowest BCUT2D eigenvalue weighted by molar-refractivity contribution is 0.475. The van der Waals surface area contributed by atoms with Crippen molar-refractivity contribution in [2.45, 2.75) is 0 Å². The van der Waals surface area contributed by atoms with Crippen LogP contribution in [0.5, 0.6) is 5.75 Å². The van der Waals surface area contributed by atoms with E-state index in [1.54, 1.807) is 0 Å². The maximum Gasteiger partial charge on any atom is 0.124 e. The van der Waals surface area contributed by atoms with Crippen LogP contribution < -0.4 is 0 Å². The van der Waals surface area contributed by atoms with Crippen molar-refractivity contribution in [3.8, 4) is 16.9 Å². The average molecular weight is 206 g/mol. The van der Waals surface area contributed by atoms with Crippen LogP contribution in [0.4, 0.5) is 8.78 Å². The fourth-order valence-corrected chi connectivity index (χ4v) is 1.37. The predicted octanol–water partition coefficient (Wildman–Crippen LogP) is 3.34. The highest BCUT2D eigenvalue weighted by molar-refractivity contribution is 5.69. The van der Waals surface area contributed by atoms with Gasteiger partial charge in [-0.25, -0.2) is 8.78 Å². The normalized spacial score (nSPS) is 10.3. The summed E-state index contributed by atoms with van der Waals surface area (Å²) in [6.45, 7) is 0. The minimum Gasteiger partial charge on any atom is -0.507 e. The maximum absolute atomic E-state index is 12.9. The SMILES string of the molecule is Oc1ccc(F)cc1-c1ccc(F)cc1. The fourth-order valence-electron chi connectivity index (χ4n) is 1.37. The minimum absolute atomic E-state index is 0.0250. The zero-order valence-corrected chi connectivity index (χ0v) is 7.74. The van der Waals surface area contributed by atoms with E-state index in [9.17, 15) is 13.9 Å². The second-order valence-electron chi connectivity index (χ2n) is 3.17. The van der Waals surface area contributed by atoms with Gasteiger partial charge in [-0.1, -0.05) is 12.1 Å². The molecule has 0 aliphatic carbocycles. The molecular formula is C12H8F2O. The molecule has 0 saturated carbocycles. The summed E-state index contributed by atoms with van der Waals surface area (Å²) in [7, 11) is 0. The monoisotopic (exact) mass is 206 g/mol. The van der Waals surface area contributed by atoms with Gasteiger partial charge in [-0.15, -0.1) is 0 Å². The minimum atomic E-state index is -0.438. The molecule has 0 unspecified atom stereocenters. The van der Waals surface area contributed by atoms with E-state index in [0.717, 1.165) is 0 Å². The molecule has 1 N–H and O–H groups in total. The van der Waals surface area contributed by atoms with Crippen LogP contribution in [0.3, 0.4) is 0 Å². The summed E-state index contributed by atoms with van der Waals surface area (Å²) in [5.74, 6) is -0.829. The lowest BCUT2D eigenvalue weighted by atomic mass is 10.0. The van der Waals surface area contributed by atoms with Crippen LogP contribution in [-0.4, -0.2) is 5.11 Å². The highest BCUT2D eigenvalue weighted by Crippen LogP contribution is 2.29. The number of hydrogen-bond acceptors (Lipinski definition) is 1. The summed E-state index contributed by atoms with van der Waals surface area (Å²) in [4.78, 5) is 0. The molecule has 0 heterocycles. The smallest absolute Gasteiger partial charge is 0.124 e. The molecule has 3 heteroatoms. The average Bonchev–Trinajstić information content (AvgIpc) is 2.23. The van der Waals surface area contributed by atoms with Gasteiger partial charge in [0, 0.05) is 5.56 Å². The molecule has 0 saturated heterocycles. The molecule has 2 rings (SSSR count). The standard InChI is InChI=1S/C12H8F2O/c13-9-3-1-8(2-4-9)11-7-10(14)5-6-12(11)15/h1-7,15H. The summed E-state index contributed by atoms with van der Waals surface area (Å²) in [6, 6.07) is 9.16. The number of benzene rings is 2. The number of phenolic OH excluding ortho intramolecular Hbond substituents is 1. The molecule has 2 aromatic rings. The molecule has 0 aliphatic rings. The van der Waals surface area contributed by atoms with E-state index < -0.39 is 5.82 Å². The van der Waals surface area contributed by atoms with Crippen LogP contribution in [0, 0.1) is 11.6 Å². The summed E-state index contributed by atoms with van der Waals surface area (Å²) >= 11 is 0. The second kappa shape index (κ2) is 3.69. The van der Waals surface area contributed by atoms with Gasteiger partial charge in [0.05, 0.1) is 0 Å². The number of phenols is 1. The Morgan fingerprint density at radius 1 is 0.800 bits per heavy atom. The second-order valence-corrected chi connectivity index (χ2v) is 3.17. The topological polar surface area (TPSA) is 20.2 Å².